The van der Waals surface area contributed by atoms with Gasteiger partial charge in [-0.05, 0) is 26.0 Å². The van der Waals surface area contributed by atoms with Crippen LogP contribution in [0.1, 0.15) is 13.8 Å². The van der Waals surface area contributed by atoms with Crippen molar-refractivity contribution < 1.29 is 9.53 Å². The molecule has 0 fully saturated rings. The number of nitrogens with zero attached hydrogens (tertiary/aromatic N) is 1. The van der Waals surface area contributed by atoms with Gasteiger partial charge in [0.2, 0.25) is 0 Å². The second kappa shape index (κ2) is 4.92. The van der Waals surface area contributed by atoms with Crippen molar-refractivity contribution in [2.45, 2.75) is 20.4 Å². The van der Waals surface area contributed by atoms with E-state index in [-0.39, 0.29) is 5.97 Å². The molecule has 0 N–H and O–H groups in total. The summed E-state index contributed by atoms with van der Waals surface area (Å²) in [5, 5.41) is 2.43. The number of aromatic nitrogens is 1. The lowest BCUT2D eigenvalue weighted by molar-refractivity contribution is -0.151. The van der Waals surface area contributed by atoms with Crippen LogP contribution in [0.4, 0.5) is 0 Å². The number of benzene rings is 2. The van der Waals surface area contributed by atoms with E-state index in [0.29, 0.717) is 6.54 Å². The number of hydrogen-bond donors (Lipinski definition) is 0. The average molecular weight is 281 g/mol. The van der Waals surface area contributed by atoms with Crippen LogP contribution in [0.25, 0.3) is 21.8 Å². The summed E-state index contributed by atoms with van der Waals surface area (Å²) >= 11 is 0. The monoisotopic (exact) mass is 281 g/mol. The highest BCUT2D eigenvalue weighted by molar-refractivity contribution is 6.08. The van der Waals surface area contributed by atoms with Gasteiger partial charge in [-0.25, -0.2) is 0 Å². The largest absolute Gasteiger partial charge is 0.469 e. The third kappa shape index (κ3) is 2.19. The number of carbonyl (C=O) groups is 1. The normalized spacial score (nSPS) is 12.0. The molecule has 0 aliphatic carbocycles. The summed E-state index contributed by atoms with van der Waals surface area (Å²) in [6.45, 7) is 4.43. The van der Waals surface area contributed by atoms with Gasteiger partial charge in [0.1, 0.15) is 0 Å². The number of esters is 1. The van der Waals surface area contributed by atoms with Crippen molar-refractivity contribution in [3.63, 3.8) is 0 Å². The Morgan fingerprint density at radius 2 is 1.48 bits per heavy atom. The van der Waals surface area contributed by atoms with Crippen molar-refractivity contribution in [3.05, 3.63) is 48.5 Å². The third-order valence-corrected chi connectivity index (χ3v) is 3.97. The Morgan fingerprint density at radius 3 is 1.95 bits per heavy atom. The number of rotatable bonds is 3. The van der Waals surface area contributed by atoms with Crippen LogP contribution in [0.15, 0.2) is 48.5 Å². The lowest BCUT2D eigenvalue weighted by Crippen LogP contribution is -2.30. The van der Waals surface area contributed by atoms with Gasteiger partial charge in [0.15, 0.2) is 0 Å². The van der Waals surface area contributed by atoms with Crippen molar-refractivity contribution in [2.24, 2.45) is 5.41 Å². The zero-order chi connectivity index (χ0) is 15.0. The Bertz CT molecular complexity index is 761. The molecule has 0 aliphatic rings. The van der Waals surface area contributed by atoms with E-state index in [9.17, 15) is 4.79 Å². The summed E-state index contributed by atoms with van der Waals surface area (Å²) in [4.78, 5) is 12.0. The van der Waals surface area contributed by atoms with Crippen LogP contribution >= 0.6 is 0 Å². The first-order valence-corrected chi connectivity index (χ1v) is 7.09. The Labute approximate surface area is 124 Å². The summed E-state index contributed by atoms with van der Waals surface area (Å²) < 4.78 is 7.15. The molecule has 0 spiro atoms. The molecule has 2 aromatic carbocycles. The molecule has 3 nitrogen and oxygen atoms in total. The Kier molecular flexibility index (Phi) is 3.20. The Morgan fingerprint density at radius 1 is 1.00 bits per heavy atom. The van der Waals surface area contributed by atoms with Crippen LogP contribution in [-0.2, 0) is 16.1 Å². The quantitative estimate of drug-likeness (QED) is 0.680. The molecule has 3 rings (SSSR count). The molecule has 0 radical (unpaired) electrons. The molecule has 0 aliphatic heterocycles. The van der Waals surface area contributed by atoms with Gasteiger partial charge in [-0.15, -0.1) is 0 Å². The number of fused-ring (bicyclic) bond motifs is 3. The second-order valence-electron chi connectivity index (χ2n) is 6.00. The maximum absolute atomic E-state index is 12.0. The van der Waals surface area contributed by atoms with Crippen LogP contribution in [0.2, 0.25) is 0 Å². The van der Waals surface area contributed by atoms with Crippen LogP contribution in [0.5, 0.6) is 0 Å². The molecule has 0 saturated carbocycles. The summed E-state index contributed by atoms with van der Waals surface area (Å²) in [5.74, 6) is -0.190. The van der Waals surface area contributed by atoms with E-state index in [1.807, 2.05) is 38.1 Å². The summed E-state index contributed by atoms with van der Waals surface area (Å²) in [6, 6.07) is 16.6. The van der Waals surface area contributed by atoms with Crippen molar-refractivity contribution in [1.82, 2.24) is 4.57 Å². The predicted molar refractivity (Wildman–Crippen MR) is 85.2 cm³/mol. The number of para-hydroxylation sites is 2. The third-order valence-electron chi connectivity index (χ3n) is 3.97. The molecule has 0 unspecified atom stereocenters. The van der Waals surface area contributed by atoms with Crippen LogP contribution in [0.3, 0.4) is 0 Å². The van der Waals surface area contributed by atoms with Crippen LogP contribution in [0, 0.1) is 5.41 Å². The van der Waals surface area contributed by atoms with Gasteiger partial charge in [-0.3, -0.25) is 4.79 Å². The van der Waals surface area contributed by atoms with Gasteiger partial charge in [0.05, 0.1) is 12.5 Å². The topological polar surface area (TPSA) is 31.2 Å². The zero-order valence-corrected chi connectivity index (χ0v) is 12.6. The van der Waals surface area contributed by atoms with Gasteiger partial charge in [-0.2, -0.15) is 0 Å². The van der Waals surface area contributed by atoms with Gasteiger partial charge >= 0.3 is 5.97 Å². The number of hydrogen-bond acceptors (Lipinski definition) is 2. The van der Waals surface area contributed by atoms with Gasteiger partial charge in [-0.1, -0.05) is 36.4 Å². The zero-order valence-electron chi connectivity index (χ0n) is 12.6. The van der Waals surface area contributed by atoms with E-state index >= 15 is 0 Å². The van der Waals surface area contributed by atoms with E-state index in [1.165, 1.54) is 17.9 Å². The van der Waals surface area contributed by atoms with Gasteiger partial charge in [0.25, 0.3) is 0 Å². The fourth-order valence-electron chi connectivity index (χ4n) is 2.91. The first-order chi connectivity index (χ1) is 10.0. The minimum absolute atomic E-state index is 0.190. The highest BCUT2D eigenvalue weighted by atomic mass is 16.5. The average Bonchev–Trinajstić information content (AvgIpc) is 2.81. The molecule has 3 heteroatoms. The van der Waals surface area contributed by atoms with Gasteiger partial charge < -0.3 is 9.30 Å². The molecule has 0 saturated heterocycles. The molecular weight excluding hydrogens is 262 g/mol. The van der Waals surface area contributed by atoms with E-state index in [2.05, 4.69) is 28.8 Å². The highest BCUT2D eigenvalue weighted by Crippen LogP contribution is 2.32. The lowest BCUT2D eigenvalue weighted by Gasteiger charge is -2.23. The fraction of sp³-hybridized carbons (Fsp3) is 0.278. The minimum Gasteiger partial charge on any atom is -0.469 e. The SMILES string of the molecule is COC(=O)C(C)(C)Cn1c2ccccc2c2ccccc21. The molecule has 108 valence electrons. The van der Waals surface area contributed by atoms with Crippen molar-refractivity contribution >= 4 is 27.8 Å². The molecule has 21 heavy (non-hydrogen) atoms. The van der Waals surface area contributed by atoms with Gasteiger partial charge in [0, 0.05) is 28.4 Å². The van der Waals surface area contributed by atoms with E-state index in [4.69, 9.17) is 4.74 Å². The number of ether oxygens (including phenoxy) is 1. The molecule has 1 aromatic heterocycles. The summed E-state index contributed by atoms with van der Waals surface area (Å²) in [6.07, 6.45) is 0. The maximum atomic E-state index is 12.0. The summed E-state index contributed by atoms with van der Waals surface area (Å²) in [7, 11) is 1.44. The van der Waals surface area contributed by atoms with E-state index in [0.717, 1.165) is 11.0 Å². The fourth-order valence-corrected chi connectivity index (χ4v) is 2.91. The Balaban J connectivity index is 2.23. The molecule has 0 atom stereocenters. The van der Waals surface area contributed by atoms with Crippen LogP contribution in [-0.4, -0.2) is 17.6 Å². The predicted octanol–water partition coefficient (Wildman–Crippen LogP) is 3.99. The second-order valence-corrected chi connectivity index (χ2v) is 6.00. The Hall–Kier alpha value is -2.29. The molecule has 1 heterocycles. The van der Waals surface area contributed by atoms with Crippen molar-refractivity contribution in [1.29, 1.82) is 0 Å². The highest BCUT2D eigenvalue weighted by Gasteiger charge is 2.30. The number of carbonyl (C=O) groups excluding carboxylic acids is 1. The smallest absolute Gasteiger partial charge is 0.313 e. The molecule has 0 amide bonds. The van der Waals surface area contributed by atoms with E-state index in [1.54, 1.807) is 0 Å². The maximum Gasteiger partial charge on any atom is 0.313 e. The van der Waals surface area contributed by atoms with Crippen molar-refractivity contribution in [2.75, 3.05) is 7.11 Å². The minimum atomic E-state index is -0.570. The van der Waals surface area contributed by atoms with E-state index < -0.39 is 5.41 Å². The molecular formula is C18H19NO2. The van der Waals surface area contributed by atoms with Crippen LogP contribution < -0.4 is 0 Å². The first-order valence-electron chi connectivity index (χ1n) is 7.09. The summed E-state index contributed by atoms with van der Waals surface area (Å²) in [5.41, 5.74) is 1.73. The van der Waals surface area contributed by atoms with Crippen molar-refractivity contribution in [3.8, 4) is 0 Å². The first kappa shape index (κ1) is 13.7. The number of methoxy groups -OCH3 is 1. The molecule has 0 bridgehead atoms. The standard InChI is InChI=1S/C18H19NO2/c1-18(2,17(20)21-3)12-19-15-10-6-4-8-13(15)14-9-5-7-11-16(14)19/h4-11H,12H2,1-3H3. The molecule has 3 aromatic rings. The lowest BCUT2D eigenvalue weighted by atomic mass is 9.93.